The van der Waals surface area contributed by atoms with Gasteiger partial charge in [-0.15, -0.1) is 11.3 Å². The van der Waals surface area contributed by atoms with E-state index in [1.54, 1.807) is 5.38 Å². The molecular formula is C11H16N2O3S. The van der Waals surface area contributed by atoms with Gasteiger partial charge in [0.15, 0.2) is 0 Å². The zero-order valence-electron chi connectivity index (χ0n) is 9.90. The Bertz CT molecular complexity index is 403. The first-order valence-corrected chi connectivity index (χ1v) is 6.33. The molecule has 1 atom stereocenters. The van der Waals surface area contributed by atoms with E-state index in [1.807, 2.05) is 13.8 Å². The fourth-order valence-electron chi connectivity index (χ4n) is 1.23. The Morgan fingerprint density at radius 1 is 1.53 bits per heavy atom. The number of rotatable bonds is 6. The molecule has 0 fully saturated rings. The lowest BCUT2D eigenvalue weighted by Crippen LogP contribution is -2.33. The number of carboxylic acids is 1. The van der Waals surface area contributed by atoms with Crippen molar-refractivity contribution < 1.29 is 14.7 Å². The molecule has 0 saturated carbocycles. The van der Waals surface area contributed by atoms with Crippen molar-refractivity contribution in [2.75, 3.05) is 0 Å². The lowest BCUT2D eigenvalue weighted by molar-refractivity contribution is -0.136. The second-order valence-corrected chi connectivity index (χ2v) is 4.80. The van der Waals surface area contributed by atoms with Crippen LogP contribution in [0.25, 0.3) is 0 Å². The molecule has 0 aliphatic rings. The molecule has 2 N–H and O–H groups in total. The molecule has 94 valence electrons. The Morgan fingerprint density at radius 2 is 2.24 bits per heavy atom. The Morgan fingerprint density at radius 3 is 2.82 bits per heavy atom. The molecule has 1 amide bonds. The molecule has 6 heteroatoms. The third-order valence-electron chi connectivity index (χ3n) is 2.26. The zero-order valence-corrected chi connectivity index (χ0v) is 10.7. The minimum Gasteiger partial charge on any atom is -0.481 e. The van der Waals surface area contributed by atoms with Gasteiger partial charge in [-0.25, -0.2) is 4.98 Å². The van der Waals surface area contributed by atoms with Crippen LogP contribution >= 0.6 is 11.3 Å². The van der Waals surface area contributed by atoms with Crippen molar-refractivity contribution in [2.45, 2.75) is 39.2 Å². The SMILES string of the molecule is CCC(C)NC(=O)Cc1nc(CC(=O)O)cs1. The van der Waals surface area contributed by atoms with E-state index in [0.717, 1.165) is 6.42 Å². The Balaban J connectivity index is 2.48. The van der Waals surface area contributed by atoms with Crippen LogP contribution in [-0.4, -0.2) is 28.0 Å². The predicted molar refractivity (Wildman–Crippen MR) is 65.1 cm³/mol. The Hall–Kier alpha value is -1.43. The molecule has 0 radical (unpaired) electrons. The van der Waals surface area contributed by atoms with Gasteiger partial charge in [-0.05, 0) is 13.3 Å². The molecule has 0 spiro atoms. The quantitative estimate of drug-likeness (QED) is 0.802. The molecule has 0 saturated heterocycles. The average molecular weight is 256 g/mol. The molecular weight excluding hydrogens is 240 g/mol. The number of nitrogens with one attached hydrogen (secondary N) is 1. The summed E-state index contributed by atoms with van der Waals surface area (Å²) in [6.07, 6.45) is 1.01. The largest absolute Gasteiger partial charge is 0.481 e. The standard InChI is InChI=1S/C11H16N2O3S/c1-3-7(2)12-9(14)5-10-13-8(6-17-10)4-11(15)16/h6-7H,3-5H2,1-2H3,(H,12,14)(H,15,16). The van der Waals surface area contributed by atoms with Gasteiger partial charge < -0.3 is 10.4 Å². The summed E-state index contributed by atoms with van der Waals surface area (Å²) in [5.41, 5.74) is 0.508. The van der Waals surface area contributed by atoms with E-state index in [2.05, 4.69) is 10.3 Å². The van der Waals surface area contributed by atoms with E-state index in [9.17, 15) is 9.59 Å². The number of aromatic nitrogens is 1. The number of thiazole rings is 1. The number of carboxylic acid groups (broad SMARTS) is 1. The lowest BCUT2D eigenvalue weighted by Gasteiger charge is -2.09. The van der Waals surface area contributed by atoms with Gasteiger partial charge in [0, 0.05) is 11.4 Å². The summed E-state index contributed by atoms with van der Waals surface area (Å²) in [6, 6.07) is 0.154. The Labute approximate surface area is 104 Å². The van der Waals surface area contributed by atoms with Crippen molar-refractivity contribution in [3.63, 3.8) is 0 Å². The number of nitrogens with zero attached hydrogens (tertiary/aromatic N) is 1. The maximum Gasteiger partial charge on any atom is 0.309 e. The normalized spacial score (nSPS) is 12.1. The fourth-order valence-corrected chi connectivity index (χ4v) is 2.02. The van der Waals surface area contributed by atoms with Crippen molar-refractivity contribution in [1.82, 2.24) is 10.3 Å². The minimum absolute atomic E-state index is 0.0735. The third-order valence-corrected chi connectivity index (χ3v) is 3.16. The van der Waals surface area contributed by atoms with Crippen LogP contribution in [0.3, 0.4) is 0 Å². The molecule has 1 heterocycles. The van der Waals surface area contributed by atoms with Crippen LogP contribution in [0.1, 0.15) is 31.0 Å². The van der Waals surface area contributed by atoms with Crippen LogP contribution in [0.2, 0.25) is 0 Å². The molecule has 17 heavy (non-hydrogen) atoms. The first-order valence-electron chi connectivity index (χ1n) is 5.45. The molecule has 1 aromatic heterocycles. The maximum absolute atomic E-state index is 11.6. The minimum atomic E-state index is -0.911. The molecule has 1 aromatic rings. The third kappa shape index (κ3) is 4.95. The summed E-state index contributed by atoms with van der Waals surface area (Å²) >= 11 is 1.32. The van der Waals surface area contributed by atoms with Gasteiger partial charge in [0.25, 0.3) is 0 Å². The van der Waals surface area contributed by atoms with E-state index in [0.29, 0.717) is 10.7 Å². The average Bonchev–Trinajstić information content (AvgIpc) is 2.63. The summed E-state index contributed by atoms with van der Waals surface area (Å²) in [5.74, 6) is -0.985. The predicted octanol–water partition coefficient (Wildman–Crippen LogP) is 1.23. The number of amides is 1. The molecule has 5 nitrogen and oxygen atoms in total. The van der Waals surface area contributed by atoms with E-state index in [-0.39, 0.29) is 24.8 Å². The van der Waals surface area contributed by atoms with Crippen molar-refractivity contribution in [2.24, 2.45) is 0 Å². The fraction of sp³-hybridized carbons (Fsp3) is 0.545. The van der Waals surface area contributed by atoms with E-state index in [4.69, 9.17) is 5.11 Å². The van der Waals surface area contributed by atoms with Crippen molar-refractivity contribution in [3.8, 4) is 0 Å². The van der Waals surface area contributed by atoms with Crippen LogP contribution in [0.4, 0.5) is 0 Å². The second kappa shape index (κ2) is 6.34. The Kier molecular flexibility index (Phi) is 5.09. The molecule has 1 unspecified atom stereocenters. The number of hydrogen-bond acceptors (Lipinski definition) is 4. The van der Waals surface area contributed by atoms with Crippen molar-refractivity contribution in [3.05, 3.63) is 16.1 Å². The van der Waals surface area contributed by atoms with Crippen molar-refractivity contribution >= 4 is 23.2 Å². The number of carbonyl (C=O) groups is 2. The zero-order chi connectivity index (χ0) is 12.8. The topological polar surface area (TPSA) is 79.3 Å². The highest BCUT2D eigenvalue weighted by Gasteiger charge is 2.11. The highest BCUT2D eigenvalue weighted by molar-refractivity contribution is 7.09. The van der Waals surface area contributed by atoms with Crippen molar-refractivity contribution in [1.29, 1.82) is 0 Å². The van der Waals surface area contributed by atoms with Gasteiger partial charge >= 0.3 is 5.97 Å². The molecule has 0 aliphatic carbocycles. The van der Waals surface area contributed by atoms with E-state index < -0.39 is 5.97 Å². The van der Waals surface area contributed by atoms with Gasteiger partial charge in [0.05, 0.1) is 18.5 Å². The number of carbonyl (C=O) groups excluding carboxylic acids is 1. The van der Waals surface area contributed by atoms with Gasteiger partial charge in [-0.3, -0.25) is 9.59 Å². The number of aliphatic carboxylic acids is 1. The summed E-state index contributed by atoms with van der Waals surface area (Å²) in [6.45, 7) is 3.94. The van der Waals surface area contributed by atoms with Crippen LogP contribution in [0.15, 0.2) is 5.38 Å². The summed E-state index contributed by atoms with van der Waals surface area (Å²) in [5, 5.41) is 13.8. The van der Waals surface area contributed by atoms with Gasteiger partial charge in [-0.2, -0.15) is 0 Å². The summed E-state index contributed by atoms with van der Waals surface area (Å²) < 4.78 is 0. The first kappa shape index (κ1) is 13.6. The van der Waals surface area contributed by atoms with Gasteiger partial charge in [0.2, 0.25) is 5.91 Å². The van der Waals surface area contributed by atoms with E-state index >= 15 is 0 Å². The molecule has 0 aliphatic heterocycles. The summed E-state index contributed by atoms with van der Waals surface area (Å²) in [4.78, 5) is 26.1. The first-order chi connectivity index (χ1) is 8.01. The van der Waals surface area contributed by atoms with Crippen LogP contribution < -0.4 is 5.32 Å². The highest BCUT2D eigenvalue weighted by Crippen LogP contribution is 2.11. The van der Waals surface area contributed by atoms with Crippen LogP contribution in [-0.2, 0) is 22.4 Å². The monoisotopic (exact) mass is 256 g/mol. The van der Waals surface area contributed by atoms with E-state index in [1.165, 1.54) is 11.3 Å². The second-order valence-electron chi connectivity index (χ2n) is 3.86. The van der Waals surface area contributed by atoms with Gasteiger partial charge in [-0.1, -0.05) is 6.92 Å². The smallest absolute Gasteiger partial charge is 0.309 e. The summed E-state index contributed by atoms with van der Waals surface area (Å²) in [7, 11) is 0. The van der Waals surface area contributed by atoms with Crippen LogP contribution in [0.5, 0.6) is 0 Å². The molecule has 0 bridgehead atoms. The van der Waals surface area contributed by atoms with Gasteiger partial charge in [0.1, 0.15) is 5.01 Å². The molecule has 0 aromatic carbocycles. The van der Waals surface area contributed by atoms with Crippen LogP contribution in [0, 0.1) is 0 Å². The highest BCUT2D eigenvalue weighted by atomic mass is 32.1. The number of hydrogen-bond donors (Lipinski definition) is 2. The maximum atomic E-state index is 11.6. The lowest BCUT2D eigenvalue weighted by atomic mass is 10.2. The molecule has 1 rings (SSSR count).